The van der Waals surface area contributed by atoms with Crippen LogP contribution >= 0.6 is 0 Å². The van der Waals surface area contributed by atoms with Crippen molar-refractivity contribution in [1.82, 2.24) is 15.8 Å². The molecule has 2 amide bonds. The first kappa shape index (κ1) is 19.7. The molecule has 0 spiro atoms. The van der Waals surface area contributed by atoms with E-state index >= 15 is 0 Å². The van der Waals surface area contributed by atoms with Crippen molar-refractivity contribution < 1.29 is 24.0 Å². The Morgan fingerprint density at radius 2 is 1.89 bits per heavy atom. The lowest BCUT2D eigenvalue weighted by Gasteiger charge is -2.23. The Morgan fingerprint density at radius 1 is 1.21 bits per heavy atom. The van der Waals surface area contributed by atoms with Gasteiger partial charge in [0.2, 0.25) is 0 Å². The molecule has 0 radical (unpaired) electrons. The zero-order valence-corrected chi connectivity index (χ0v) is 16.0. The van der Waals surface area contributed by atoms with Crippen molar-refractivity contribution >= 4 is 12.0 Å². The van der Waals surface area contributed by atoms with E-state index < -0.39 is 12.0 Å². The average Bonchev–Trinajstić information content (AvgIpc) is 3.14. The Morgan fingerprint density at radius 3 is 2.50 bits per heavy atom. The zero-order valence-electron chi connectivity index (χ0n) is 16.0. The van der Waals surface area contributed by atoms with Crippen LogP contribution in [0.2, 0.25) is 0 Å². The Kier molecular flexibility index (Phi) is 6.18. The molecule has 1 aromatic carbocycles. The highest BCUT2D eigenvalue weighted by Gasteiger charge is 2.28. The van der Waals surface area contributed by atoms with E-state index in [9.17, 15) is 14.7 Å². The number of hydrogen-bond acceptors (Lipinski definition) is 5. The maximum Gasteiger partial charge on any atom is 0.341 e. The van der Waals surface area contributed by atoms with Gasteiger partial charge in [-0.1, -0.05) is 24.4 Å². The Labute approximate surface area is 163 Å². The zero-order chi connectivity index (χ0) is 20.1. The number of ether oxygens (including phenoxy) is 1. The van der Waals surface area contributed by atoms with Crippen molar-refractivity contribution in [2.24, 2.45) is 0 Å². The number of methoxy groups -OCH3 is 1. The molecule has 1 aromatic heterocycles. The number of rotatable bonds is 6. The van der Waals surface area contributed by atoms with Gasteiger partial charge in [0, 0.05) is 11.6 Å². The van der Waals surface area contributed by atoms with Crippen LogP contribution in [-0.4, -0.2) is 35.4 Å². The molecule has 0 aliphatic heterocycles. The first-order valence-corrected chi connectivity index (χ1v) is 9.44. The van der Waals surface area contributed by atoms with Crippen LogP contribution in [0.15, 0.2) is 28.8 Å². The van der Waals surface area contributed by atoms with Gasteiger partial charge in [-0.2, -0.15) is 0 Å². The summed E-state index contributed by atoms with van der Waals surface area (Å²) in [5.41, 5.74) is 0.745. The summed E-state index contributed by atoms with van der Waals surface area (Å²) < 4.78 is 10.4. The summed E-state index contributed by atoms with van der Waals surface area (Å²) >= 11 is 0. The summed E-state index contributed by atoms with van der Waals surface area (Å²) in [6.45, 7) is 1.67. The number of carboxylic acid groups (broad SMARTS) is 1. The van der Waals surface area contributed by atoms with Crippen LogP contribution in [0.3, 0.4) is 0 Å². The van der Waals surface area contributed by atoms with Crippen LogP contribution < -0.4 is 15.4 Å². The average molecular weight is 387 g/mol. The van der Waals surface area contributed by atoms with Crippen LogP contribution in [0.1, 0.15) is 61.2 Å². The number of hydrogen-bond donors (Lipinski definition) is 3. The lowest BCUT2D eigenvalue weighted by Crippen LogP contribution is -2.43. The minimum atomic E-state index is -1.16. The third-order valence-electron chi connectivity index (χ3n) is 4.98. The molecule has 150 valence electrons. The maximum atomic E-state index is 12.3. The molecule has 8 heteroatoms. The van der Waals surface area contributed by atoms with Gasteiger partial charge < -0.3 is 25.0 Å². The predicted molar refractivity (Wildman–Crippen MR) is 102 cm³/mol. The molecule has 1 fully saturated rings. The fourth-order valence-corrected chi connectivity index (χ4v) is 3.49. The number of carbonyl (C=O) groups excluding carboxylic acids is 1. The molecule has 1 saturated carbocycles. The van der Waals surface area contributed by atoms with Gasteiger partial charge in [0.25, 0.3) is 0 Å². The van der Waals surface area contributed by atoms with Gasteiger partial charge in [-0.15, -0.1) is 0 Å². The SMILES string of the molecule is COc1ccc(-c2noc(C(C)NC(=O)NC3CCCCC3)c2C(=O)O)cc1. The van der Waals surface area contributed by atoms with Crippen LogP contribution in [-0.2, 0) is 0 Å². The van der Waals surface area contributed by atoms with E-state index in [4.69, 9.17) is 9.26 Å². The standard InChI is InChI=1S/C20H25N3O5/c1-12(21-20(26)22-14-6-4-3-5-7-14)18-16(19(24)25)17(23-28-18)13-8-10-15(27-2)11-9-13/h8-12,14H,3-7H2,1-2H3,(H,24,25)(H2,21,22,26). The Hall–Kier alpha value is -3.03. The lowest BCUT2D eigenvalue weighted by molar-refractivity contribution is 0.0693. The number of carbonyl (C=O) groups is 2. The van der Waals surface area contributed by atoms with Crippen molar-refractivity contribution in [2.45, 2.75) is 51.1 Å². The van der Waals surface area contributed by atoms with Crippen molar-refractivity contribution in [3.8, 4) is 17.0 Å². The van der Waals surface area contributed by atoms with E-state index in [1.807, 2.05) is 0 Å². The predicted octanol–water partition coefficient (Wildman–Crippen LogP) is 3.74. The minimum Gasteiger partial charge on any atom is -0.497 e. The normalized spacial score (nSPS) is 15.6. The molecule has 1 aliphatic rings. The van der Waals surface area contributed by atoms with Crippen LogP contribution in [0.5, 0.6) is 5.75 Å². The molecule has 1 atom stereocenters. The Bertz CT molecular complexity index is 825. The molecule has 1 aliphatic carbocycles. The highest BCUT2D eigenvalue weighted by molar-refractivity contribution is 5.96. The Balaban J connectivity index is 1.76. The van der Waals surface area contributed by atoms with Crippen LogP contribution in [0.4, 0.5) is 4.79 Å². The van der Waals surface area contributed by atoms with Crippen molar-refractivity contribution in [2.75, 3.05) is 7.11 Å². The number of aromatic carboxylic acids is 1. The second kappa shape index (κ2) is 8.77. The number of carboxylic acids is 1. The monoisotopic (exact) mass is 387 g/mol. The summed E-state index contributed by atoms with van der Waals surface area (Å²) in [6.07, 6.45) is 5.34. The number of urea groups is 1. The van der Waals surface area contributed by atoms with Crippen LogP contribution in [0, 0.1) is 0 Å². The third-order valence-corrected chi connectivity index (χ3v) is 4.98. The van der Waals surface area contributed by atoms with Gasteiger partial charge in [-0.05, 0) is 44.0 Å². The molecule has 8 nitrogen and oxygen atoms in total. The number of benzene rings is 1. The van der Waals surface area contributed by atoms with Gasteiger partial charge in [0.05, 0.1) is 13.2 Å². The fourth-order valence-electron chi connectivity index (χ4n) is 3.49. The highest BCUT2D eigenvalue weighted by atomic mass is 16.5. The summed E-state index contributed by atoms with van der Waals surface area (Å²) in [5.74, 6) is -0.403. The van der Waals surface area contributed by atoms with Gasteiger partial charge in [-0.3, -0.25) is 0 Å². The minimum absolute atomic E-state index is 0.0596. The number of nitrogens with one attached hydrogen (secondary N) is 2. The van der Waals surface area contributed by atoms with Crippen LogP contribution in [0.25, 0.3) is 11.3 Å². The smallest absolute Gasteiger partial charge is 0.341 e. The van der Waals surface area contributed by atoms with Crippen molar-refractivity contribution in [1.29, 1.82) is 0 Å². The quantitative estimate of drug-likeness (QED) is 0.696. The van der Waals surface area contributed by atoms with E-state index in [1.165, 1.54) is 6.42 Å². The molecule has 1 heterocycles. The summed E-state index contributed by atoms with van der Waals surface area (Å²) in [7, 11) is 1.55. The number of aromatic nitrogens is 1. The van der Waals surface area contributed by atoms with E-state index in [2.05, 4.69) is 15.8 Å². The molecular formula is C20H25N3O5. The van der Waals surface area contributed by atoms with Gasteiger partial charge in [-0.25, -0.2) is 9.59 Å². The van der Waals surface area contributed by atoms with Gasteiger partial charge in [0.1, 0.15) is 17.0 Å². The molecular weight excluding hydrogens is 362 g/mol. The molecule has 0 bridgehead atoms. The molecule has 2 aromatic rings. The van der Waals surface area contributed by atoms with Crippen molar-refractivity contribution in [3.63, 3.8) is 0 Å². The van der Waals surface area contributed by atoms with E-state index in [0.717, 1.165) is 25.7 Å². The topological polar surface area (TPSA) is 114 Å². The largest absolute Gasteiger partial charge is 0.497 e. The highest BCUT2D eigenvalue weighted by Crippen LogP contribution is 2.30. The summed E-state index contributed by atoms with van der Waals surface area (Å²) in [4.78, 5) is 24.1. The third kappa shape index (κ3) is 4.44. The lowest BCUT2D eigenvalue weighted by atomic mass is 9.96. The first-order chi connectivity index (χ1) is 13.5. The number of amides is 2. The van der Waals surface area contributed by atoms with Gasteiger partial charge >= 0.3 is 12.0 Å². The second-order valence-electron chi connectivity index (χ2n) is 6.98. The summed E-state index contributed by atoms with van der Waals surface area (Å²) in [5, 5.41) is 19.3. The van der Waals surface area contributed by atoms with E-state index in [-0.39, 0.29) is 29.1 Å². The molecule has 0 saturated heterocycles. The number of nitrogens with zero attached hydrogens (tertiary/aromatic N) is 1. The first-order valence-electron chi connectivity index (χ1n) is 9.44. The molecule has 1 unspecified atom stereocenters. The molecule has 3 N–H and O–H groups in total. The van der Waals surface area contributed by atoms with E-state index in [0.29, 0.717) is 11.3 Å². The maximum absolute atomic E-state index is 12.3. The fraction of sp³-hybridized carbons (Fsp3) is 0.450. The molecule has 28 heavy (non-hydrogen) atoms. The van der Waals surface area contributed by atoms with Crippen molar-refractivity contribution in [3.05, 3.63) is 35.6 Å². The second-order valence-corrected chi connectivity index (χ2v) is 6.98. The van der Waals surface area contributed by atoms with Gasteiger partial charge in [0.15, 0.2) is 5.76 Å². The molecule has 3 rings (SSSR count). The van der Waals surface area contributed by atoms with E-state index in [1.54, 1.807) is 38.3 Å². The summed E-state index contributed by atoms with van der Waals surface area (Å²) in [6, 6.07) is 6.03.